The third-order valence-corrected chi connectivity index (χ3v) is 5.40. The zero-order valence-electron chi connectivity index (χ0n) is 18.6. The van der Waals surface area contributed by atoms with Crippen molar-refractivity contribution in [3.05, 3.63) is 36.4 Å². The van der Waals surface area contributed by atoms with Gasteiger partial charge in [0.1, 0.15) is 5.75 Å². The van der Waals surface area contributed by atoms with Crippen LogP contribution in [-0.4, -0.2) is 72.0 Å². The molecule has 0 aromatic heterocycles. The van der Waals surface area contributed by atoms with Gasteiger partial charge < -0.3 is 29.2 Å². The van der Waals surface area contributed by atoms with E-state index >= 15 is 0 Å². The van der Waals surface area contributed by atoms with Gasteiger partial charge in [0.2, 0.25) is 11.7 Å². The Labute approximate surface area is 183 Å². The molecule has 1 amide bonds. The molecule has 0 bridgehead atoms. The van der Waals surface area contributed by atoms with E-state index in [9.17, 15) is 4.79 Å². The molecule has 2 aromatic rings. The Morgan fingerprint density at radius 3 is 2.06 bits per heavy atom. The minimum atomic E-state index is -0.0542. The van der Waals surface area contributed by atoms with Crippen LogP contribution < -0.4 is 29.2 Å². The number of para-hydroxylation sites is 2. The number of amides is 1. The van der Waals surface area contributed by atoms with Crippen LogP contribution in [0, 0.1) is 0 Å². The largest absolute Gasteiger partial charge is 0.495 e. The van der Waals surface area contributed by atoms with Gasteiger partial charge in [0.25, 0.3) is 0 Å². The number of rotatable bonds is 9. The summed E-state index contributed by atoms with van der Waals surface area (Å²) >= 11 is 0. The molecular weight excluding hydrogens is 398 g/mol. The van der Waals surface area contributed by atoms with Gasteiger partial charge in [0.05, 0.1) is 34.1 Å². The molecule has 0 radical (unpaired) electrons. The lowest BCUT2D eigenvalue weighted by Gasteiger charge is -2.36. The summed E-state index contributed by atoms with van der Waals surface area (Å²) in [5.74, 6) is 2.34. The Morgan fingerprint density at radius 1 is 0.871 bits per heavy atom. The standard InChI is InChI=1S/C23H31N3O5/c1-28-19-8-6-5-7-18(19)26-13-11-25(12-14-26)10-9-22(27)24-17-15-20(29-2)23(31-4)21(16-17)30-3/h5-8,15-16H,9-14H2,1-4H3,(H,24,27). The number of methoxy groups -OCH3 is 4. The van der Waals surface area contributed by atoms with Crippen LogP contribution in [0.15, 0.2) is 36.4 Å². The number of hydrogen-bond acceptors (Lipinski definition) is 7. The van der Waals surface area contributed by atoms with Crippen molar-refractivity contribution in [1.82, 2.24) is 4.90 Å². The SMILES string of the molecule is COc1ccccc1N1CCN(CCC(=O)Nc2cc(OC)c(OC)c(OC)c2)CC1. The lowest BCUT2D eigenvalue weighted by Crippen LogP contribution is -2.47. The molecule has 1 saturated heterocycles. The van der Waals surface area contributed by atoms with Crippen molar-refractivity contribution in [3.63, 3.8) is 0 Å². The molecule has 8 heteroatoms. The molecule has 1 fully saturated rings. The number of nitrogens with one attached hydrogen (secondary N) is 1. The monoisotopic (exact) mass is 429 g/mol. The second kappa shape index (κ2) is 10.8. The Bertz CT molecular complexity index is 856. The van der Waals surface area contributed by atoms with Crippen molar-refractivity contribution < 1.29 is 23.7 Å². The van der Waals surface area contributed by atoms with E-state index in [1.807, 2.05) is 18.2 Å². The average Bonchev–Trinajstić information content (AvgIpc) is 2.82. The van der Waals surface area contributed by atoms with Gasteiger partial charge in [-0.05, 0) is 12.1 Å². The normalized spacial score (nSPS) is 14.1. The zero-order chi connectivity index (χ0) is 22.2. The predicted octanol–water partition coefficient (Wildman–Crippen LogP) is 2.87. The maximum Gasteiger partial charge on any atom is 0.225 e. The molecule has 31 heavy (non-hydrogen) atoms. The highest BCUT2D eigenvalue weighted by Crippen LogP contribution is 2.40. The topological polar surface area (TPSA) is 72.5 Å². The molecule has 1 heterocycles. The number of carbonyl (C=O) groups is 1. The lowest BCUT2D eigenvalue weighted by atomic mass is 10.2. The first-order chi connectivity index (χ1) is 15.1. The molecular formula is C23H31N3O5. The Balaban J connectivity index is 1.51. The maximum absolute atomic E-state index is 12.5. The zero-order valence-corrected chi connectivity index (χ0v) is 18.6. The van der Waals surface area contributed by atoms with E-state index in [-0.39, 0.29) is 5.91 Å². The number of nitrogens with zero attached hydrogens (tertiary/aromatic N) is 2. The summed E-state index contributed by atoms with van der Waals surface area (Å²) in [4.78, 5) is 17.1. The van der Waals surface area contributed by atoms with E-state index in [1.54, 1.807) is 40.6 Å². The van der Waals surface area contributed by atoms with Gasteiger partial charge in [0.15, 0.2) is 11.5 Å². The summed E-state index contributed by atoms with van der Waals surface area (Å²) in [6.07, 6.45) is 0.408. The molecule has 1 N–H and O–H groups in total. The van der Waals surface area contributed by atoms with Crippen molar-refractivity contribution in [1.29, 1.82) is 0 Å². The maximum atomic E-state index is 12.5. The second-order valence-corrected chi connectivity index (χ2v) is 7.21. The van der Waals surface area contributed by atoms with Gasteiger partial charge in [-0.15, -0.1) is 0 Å². The molecule has 1 aliphatic heterocycles. The first-order valence-corrected chi connectivity index (χ1v) is 10.3. The summed E-state index contributed by atoms with van der Waals surface area (Å²) < 4.78 is 21.5. The summed E-state index contributed by atoms with van der Waals surface area (Å²) in [6.45, 7) is 4.30. The van der Waals surface area contributed by atoms with Gasteiger partial charge in [-0.3, -0.25) is 9.69 Å². The van der Waals surface area contributed by atoms with Gasteiger partial charge in [0, 0.05) is 57.0 Å². The van der Waals surface area contributed by atoms with Crippen LogP contribution >= 0.6 is 0 Å². The highest BCUT2D eigenvalue weighted by atomic mass is 16.5. The number of benzene rings is 2. The molecule has 2 aromatic carbocycles. The van der Waals surface area contributed by atoms with Crippen LogP contribution in [-0.2, 0) is 4.79 Å². The van der Waals surface area contributed by atoms with Crippen molar-refractivity contribution in [2.24, 2.45) is 0 Å². The third-order valence-electron chi connectivity index (χ3n) is 5.40. The molecule has 0 unspecified atom stereocenters. The Hall–Kier alpha value is -3.13. The van der Waals surface area contributed by atoms with E-state index < -0.39 is 0 Å². The molecule has 0 saturated carbocycles. The first-order valence-electron chi connectivity index (χ1n) is 10.3. The van der Waals surface area contributed by atoms with Gasteiger partial charge in [-0.1, -0.05) is 12.1 Å². The molecule has 0 atom stereocenters. The van der Waals surface area contributed by atoms with E-state index in [4.69, 9.17) is 18.9 Å². The summed E-state index contributed by atoms with van der Waals surface area (Å²) in [7, 11) is 6.34. The van der Waals surface area contributed by atoms with Gasteiger partial charge >= 0.3 is 0 Å². The number of carbonyl (C=O) groups excluding carboxylic acids is 1. The van der Waals surface area contributed by atoms with E-state index in [1.165, 1.54) is 0 Å². The predicted molar refractivity (Wildman–Crippen MR) is 121 cm³/mol. The molecule has 168 valence electrons. The summed E-state index contributed by atoms with van der Waals surface area (Å²) in [5, 5.41) is 2.92. The molecule has 1 aliphatic rings. The summed E-state index contributed by atoms with van der Waals surface area (Å²) in [5.41, 5.74) is 1.73. The van der Waals surface area contributed by atoms with Gasteiger partial charge in [-0.2, -0.15) is 0 Å². The quantitative estimate of drug-likeness (QED) is 0.657. The smallest absolute Gasteiger partial charge is 0.225 e. The second-order valence-electron chi connectivity index (χ2n) is 7.21. The van der Waals surface area contributed by atoms with Crippen molar-refractivity contribution in [2.45, 2.75) is 6.42 Å². The van der Waals surface area contributed by atoms with Gasteiger partial charge in [-0.25, -0.2) is 0 Å². The van der Waals surface area contributed by atoms with Crippen molar-refractivity contribution in [2.75, 3.05) is 71.4 Å². The number of anilines is 2. The first kappa shape index (κ1) is 22.6. The lowest BCUT2D eigenvalue weighted by molar-refractivity contribution is -0.116. The van der Waals surface area contributed by atoms with E-state index in [2.05, 4.69) is 21.2 Å². The molecule has 8 nitrogen and oxygen atoms in total. The third kappa shape index (κ3) is 5.52. The van der Waals surface area contributed by atoms with E-state index in [0.29, 0.717) is 35.9 Å². The highest BCUT2D eigenvalue weighted by molar-refractivity contribution is 5.91. The average molecular weight is 430 g/mol. The van der Waals surface area contributed by atoms with Crippen LogP contribution in [0.3, 0.4) is 0 Å². The fourth-order valence-electron chi connectivity index (χ4n) is 3.74. The summed E-state index contributed by atoms with van der Waals surface area (Å²) in [6, 6.07) is 11.5. The molecule has 0 spiro atoms. The van der Waals surface area contributed by atoms with Crippen LogP contribution in [0.4, 0.5) is 11.4 Å². The number of piperazine rings is 1. The van der Waals surface area contributed by atoms with Crippen molar-refractivity contribution in [3.8, 4) is 23.0 Å². The number of ether oxygens (including phenoxy) is 4. The Morgan fingerprint density at radius 2 is 1.48 bits per heavy atom. The fourth-order valence-corrected chi connectivity index (χ4v) is 3.74. The van der Waals surface area contributed by atoms with Crippen LogP contribution in [0.5, 0.6) is 23.0 Å². The minimum absolute atomic E-state index is 0.0542. The van der Waals surface area contributed by atoms with Crippen LogP contribution in [0.2, 0.25) is 0 Å². The van der Waals surface area contributed by atoms with Crippen LogP contribution in [0.25, 0.3) is 0 Å². The van der Waals surface area contributed by atoms with Crippen LogP contribution in [0.1, 0.15) is 6.42 Å². The number of hydrogen-bond donors (Lipinski definition) is 1. The highest BCUT2D eigenvalue weighted by Gasteiger charge is 2.20. The fraction of sp³-hybridized carbons (Fsp3) is 0.435. The van der Waals surface area contributed by atoms with E-state index in [0.717, 1.165) is 37.6 Å². The molecule has 0 aliphatic carbocycles. The minimum Gasteiger partial charge on any atom is -0.495 e. The Kier molecular flexibility index (Phi) is 7.83. The van der Waals surface area contributed by atoms with Crippen molar-refractivity contribution >= 4 is 17.3 Å². The molecule has 3 rings (SSSR count).